The van der Waals surface area contributed by atoms with Gasteiger partial charge in [0, 0.05) is 24.4 Å². The lowest BCUT2D eigenvalue weighted by atomic mass is 9.74. The molecule has 2 saturated heterocycles. The third-order valence-electron chi connectivity index (χ3n) is 5.23. The predicted molar refractivity (Wildman–Crippen MR) is 87.2 cm³/mol. The largest absolute Gasteiger partial charge is 0.310 e. The van der Waals surface area contributed by atoms with Crippen molar-refractivity contribution >= 4 is 11.4 Å². The number of fused-ring (bicyclic) bond motifs is 2. The van der Waals surface area contributed by atoms with E-state index in [2.05, 4.69) is 36.2 Å². The van der Waals surface area contributed by atoms with Crippen molar-refractivity contribution < 1.29 is 4.79 Å². The number of carbonyl (C=O) groups excluding carboxylic acids is 1. The molecular weight excluding hydrogens is 258 g/mol. The maximum absolute atomic E-state index is 12.5. The summed E-state index contributed by atoms with van der Waals surface area (Å²) in [5, 5.41) is 3.65. The van der Waals surface area contributed by atoms with Crippen molar-refractivity contribution in [3.8, 4) is 0 Å². The van der Waals surface area contributed by atoms with Gasteiger partial charge in [-0.15, -0.1) is 0 Å². The van der Waals surface area contributed by atoms with E-state index in [4.69, 9.17) is 0 Å². The highest BCUT2D eigenvalue weighted by Crippen LogP contribution is 2.42. The molecule has 0 aromatic heterocycles. The molecule has 2 bridgehead atoms. The molecule has 3 rings (SSSR count). The lowest BCUT2D eigenvalue weighted by molar-refractivity contribution is -0.124. The summed E-state index contributed by atoms with van der Waals surface area (Å²) in [6.07, 6.45) is 4.12. The molecular formula is C19H25NO. The Morgan fingerprint density at radius 3 is 2.62 bits per heavy atom. The first-order chi connectivity index (χ1) is 10.1. The van der Waals surface area contributed by atoms with E-state index in [1.54, 1.807) is 0 Å². The third kappa shape index (κ3) is 2.69. The van der Waals surface area contributed by atoms with Crippen LogP contribution in [0.4, 0.5) is 0 Å². The molecule has 2 aliphatic heterocycles. The second-order valence-corrected chi connectivity index (χ2v) is 6.64. The van der Waals surface area contributed by atoms with Crippen LogP contribution in [-0.4, -0.2) is 17.9 Å². The molecule has 112 valence electrons. The van der Waals surface area contributed by atoms with Crippen LogP contribution in [0.3, 0.4) is 0 Å². The number of piperidine rings is 1. The lowest BCUT2D eigenvalue weighted by Gasteiger charge is -2.37. The minimum Gasteiger partial charge on any atom is -0.310 e. The average molecular weight is 283 g/mol. The fraction of sp³-hybridized carbons (Fsp3) is 0.526. The Kier molecular flexibility index (Phi) is 3.99. The molecule has 0 amide bonds. The van der Waals surface area contributed by atoms with Crippen LogP contribution < -0.4 is 5.32 Å². The molecule has 0 spiro atoms. The topological polar surface area (TPSA) is 29.1 Å². The number of carbonyl (C=O) groups is 1. The lowest BCUT2D eigenvalue weighted by Crippen LogP contribution is -2.47. The smallest absolute Gasteiger partial charge is 0.137 e. The minimum atomic E-state index is 0.157. The summed E-state index contributed by atoms with van der Waals surface area (Å²) in [7, 11) is 0. The van der Waals surface area contributed by atoms with Crippen molar-refractivity contribution in [3.05, 3.63) is 42.0 Å². The van der Waals surface area contributed by atoms with E-state index in [1.165, 1.54) is 17.5 Å². The molecule has 2 heterocycles. The Balaban J connectivity index is 1.90. The number of rotatable bonds is 4. The number of hydrogen-bond acceptors (Lipinski definition) is 2. The summed E-state index contributed by atoms with van der Waals surface area (Å²) in [4.78, 5) is 12.5. The van der Waals surface area contributed by atoms with Crippen molar-refractivity contribution in [1.82, 2.24) is 5.32 Å². The number of allylic oxidation sites excluding steroid dienone is 1. The molecule has 4 atom stereocenters. The molecule has 1 aromatic carbocycles. The molecule has 0 unspecified atom stereocenters. The van der Waals surface area contributed by atoms with Gasteiger partial charge in [-0.3, -0.25) is 4.79 Å². The van der Waals surface area contributed by atoms with E-state index in [0.29, 0.717) is 30.2 Å². The number of nitrogens with one attached hydrogen (secondary N) is 1. The molecule has 0 aliphatic carbocycles. The first kappa shape index (κ1) is 14.5. The normalized spacial score (nSPS) is 31.1. The summed E-state index contributed by atoms with van der Waals surface area (Å²) in [5.41, 5.74) is 3.60. The summed E-state index contributed by atoms with van der Waals surface area (Å²) in [6, 6.07) is 9.69. The molecule has 2 heteroatoms. The zero-order valence-electron chi connectivity index (χ0n) is 13.1. The van der Waals surface area contributed by atoms with Gasteiger partial charge < -0.3 is 5.32 Å². The van der Waals surface area contributed by atoms with Crippen LogP contribution in [0.15, 0.2) is 30.8 Å². The van der Waals surface area contributed by atoms with Gasteiger partial charge in [-0.05, 0) is 43.2 Å². The molecule has 0 saturated carbocycles. The minimum absolute atomic E-state index is 0.157. The predicted octanol–water partition coefficient (Wildman–Crippen LogP) is 3.92. The molecule has 2 aliphatic rings. The Hall–Kier alpha value is -1.41. The third-order valence-corrected chi connectivity index (χ3v) is 5.23. The van der Waals surface area contributed by atoms with E-state index >= 15 is 0 Å². The van der Waals surface area contributed by atoms with Crippen molar-refractivity contribution in [1.29, 1.82) is 0 Å². The second-order valence-electron chi connectivity index (χ2n) is 6.64. The van der Waals surface area contributed by atoms with Gasteiger partial charge in [0.25, 0.3) is 0 Å². The first-order valence-electron chi connectivity index (χ1n) is 8.14. The highest BCUT2D eigenvalue weighted by molar-refractivity contribution is 5.82. The summed E-state index contributed by atoms with van der Waals surface area (Å²) < 4.78 is 0. The molecule has 1 N–H and O–H groups in total. The van der Waals surface area contributed by atoms with Crippen LogP contribution in [0.2, 0.25) is 0 Å². The molecule has 2 nitrogen and oxygen atoms in total. The van der Waals surface area contributed by atoms with Crippen molar-refractivity contribution in [2.75, 3.05) is 0 Å². The SMILES string of the molecule is C=C(C)c1ccc([C@@H]2C[C@H]3CC[C@@H](N3)[C@@H]2C(=O)CC)cc1. The van der Waals surface area contributed by atoms with E-state index in [9.17, 15) is 4.79 Å². The maximum Gasteiger partial charge on any atom is 0.137 e. The van der Waals surface area contributed by atoms with E-state index in [1.807, 2.05) is 13.8 Å². The maximum atomic E-state index is 12.5. The van der Waals surface area contributed by atoms with Gasteiger partial charge in [-0.1, -0.05) is 43.3 Å². The van der Waals surface area contributed by atoms with E-state index in [0.717, 1.165) is 18.4 Å². The van der Waals surface area contributed by atoms with Crippen molar-refractivity contribution in [2.45, 2.75) is 57.5 Å². The van der Waals surface area contributed by atoms with E-state index < -0.39 is 0 Å². The van der Waals surface area contributed by atoms with Crippen LogP contribution in [0.5, 0.6) is 0 Å². The van der Waals surface area contributed by atoms with Gasteiger partial charge in [0.05, 0.1) is 0 Å². The Morgan fingerprint density at radius 2 is 2.00 bits per heavy atom. The van der Waals surface area contributed by atoms with Crippen molar-refractivity contribution in [2.24, 2.45) is 5.92 Å². The average Bonchev–Trinajstić information content (AvgIpc) is 2.88. The Bertz CT molecular complexity index is 545. The van der Waals surface area contributed by atoms with Crippen LogP contribution in [0.1, 0.15) is 56.6 Å². The monoisotopic (exact) mass is 283 g/mol. The zero-order chi connectivity index (χ0) is 15.0. The van der Waals surface area contributed by atoms with Gasteiger partial charge >= 0.3 is 0 Å². The highest BCUT2D eigenvalue weighted by Gasteiger charge is 2.44. The number of hydrogen-bond donors (Lipinski definition) is 1. The first-order valence-corrected chi connectivity index (χ1v) is 8.14. The summed E-state index contributed by atoms with van der Waals surface area (Å²) in [5.74, 6) is 0.960. The van der Waals surface area contributed by atoms with E-state index in [-0.39, 0.29) is 5.92 Å². The number of Topliss-reactive ketones (excluding diaryl/α,β-unsaturated/α-hetero) is 1. The van der Waals surface area contributed by atoms with Crippen LogP contribution in [-0.2, 0) is 4.79 Å². The number of ketones is 1. The Labute approximate surface area is 127 Å². The quantitative estimate of drug-likeness (QED) is 0.907. The van der Waals surface area contributed by atoms with Crippen LogP contribution in [0.25, 0.3) is 5.57 Å². The summed E-state index contributed by atoms with van der Waals surface area (Å²) in [6.45, 7) is 8.02. The number of benzene rings is 1. The highest BCUT2D eigenvalue weighted by atomic mass is 16.1. The van der Waals surface area contributed by atoms with Gasteiger partial charge in [0.15, 0.2) is 0 Å². The fourth-order valence-corrected chi connectivity index (χ4v) is 4.10. The van der Waals surface area contributed by atoms with Crippen molar-refractivity contribution in [3.63, 3.8) is 0 Å². The van der Waals surface area contributed by atoms with Gasteiger partial charge in [0.2, 0.25) is 0 Å². The van der Waals surface area contributed by atoms with Crippen LogP contribution >= 0.6 is 0 Å². The standard InChI is InChI=1S/C19H25NO/c1-4-18(21)19-16(11-15-9-10-17(19)20-15)14-7-5-13(6-8-14)12(2)3/h5-8,15-17,19-20H,2,4,9-11H2,1,3H3/t15-,16+,17-,19-/m1/s1. The van der Waals surface area contributed by atoms with Gasteiger partial charge in [-0.2, -0.15) is 0 Å². The van der Waals surface area contributed by atoms with Gasteiger partial charge in [0.1, 0.15) is 5.78 Å². The zero-order valence-corrected chi connectivity index (χ0v) is 13.1. The fourth-order valence-electron chi connectivity index (χ4n) is 4.10. The molecule has 2 fully saturated rings. The second kappa shape index (κ2) is 5.76. The molecule has 0 radical (unpaired) electrons. The molecule has 1 aromatic rings. The van der Waals surface area contributed by atoms with Gasteiger partial charge in [-0.25, -0.2) is 0 Å². The van der Waals surface area contributed by atoms with Crippen LogP contribution in [0, 0.1) is 5.92 Å². The Morgan fingerprint density at radius 1 is 1.29 bits per heavy atom. The molecule has 21 heavy (non-hydrogen) atoms. The summed E-state index contributed by atoms with van der Waals surface area (Å²) >= 11 is 0.